The maximum atomic E-state index is 2.53. The van der Waals surface area contributed by atoms with Crippen LogP contribution in [0.1, 0.15) is 25.7 Å². The Labute approximate surface area is 74.0 Å². The molecule has 4 rings (SSSR count). The molecule has 0 amide bonds. The standard InChI is InChI=1S/C12H16/c1-2-9-5-7(1)11-6-8-3-4-10(8)12(9)11/h1-2,7-12H,3-6H2. The van der Waals surface area contributed by atoms with Gasteiger partial charge in [-0.1, -0.05) is 12.2 Å². The van der Waals surface area contributed by atoms with Gasteiger partial charge in [0.2, 0.25) is 0 Å². The van der Waals surface area contributed by atoms with Crippen LogP contribution in [0.5, 0.6) is 0 Å². The maximum absolute atomic E-state index is 2.53. The molecule has 0 nitrogen and oxygen atoms in total. The minimum atomic E-state index is 1.02. The largest absolute Gasteiger partial charge is 0.0848 e. The van der Waals surface area contributed by atoms with Crippen molar-refractivity contribution in [1.29, 1.82) is 0 Å². The Balaban J connectivity index is 1.76. The molecule has 12 heavy (non-hydrogen) atoms. The molecular weight excluding hydrogens is 144 g/mol. The summed E-state index contributed by atoms with van der Waals surface area (Å²) < 4.78 is 0. The molecule has 0 saturated heterocycles. The molecule has 2 bridgehead atoms. The molecule has 3 fully saturated rings. The van der Waals surface area contributed by atoms with Crippen molar-refractivity contribution in [1.82, 2.24) is 0 Å². The van der Waals surface area contributed by atoms with Crippen molar-refractivity contribution in [2.24, 2.45) is 35.5 Å². The van der Waals surface area contributed by atoms with E-state index >= 15 is 0 Å². The van der Waals surface area contributed by atoms with Crippen LogP contribution in [0.4, 0.5) is 0 Å². The molecule has 4 aliphatic carbocycles. The van der Waals surface area contributed by atoms with Crippen LogP contribution < -0.4 is 0 Å². The summed E-state index contributed by atoms with van der Waals surface area (Å²) in [6.45, 7) is 0. The van der Waals surface area contributed by atoms with E-state index in [2.05, 4.69) is 12.2 Å². The third kappa shape index (κ3) is 0.522. The first-order valence-corrected chi connectivity index (χ1v) is 5.62. The Kier molecular flexibility index (Phi) is 0.939. The van der Waals surface area contributed by atoms with Crippen molar-refractivity contribution in [3.05, 3.63) is 12.2 Å². The van der Waals surface area contributed by atoms with Crippen molar-refractivity contribution in [2.75, 3.05) is 0 Å². The average Bonchev–Trinajstić information content (AvgIpc) is 2.62. The quantitative estimate of drug-likeness (QED) is 0.478. The van der Waals surface area contributed by atoms with Gasteiger partial charge in [0.15, 0.2) is 0 Å². The van der Waals surface area contributed by atoms with E-state index in [-0.39, 0.29) is 0 Å². The van der Waals surface area contributed by atoms with Crippen molar-refractivity contribution >= 4 is 0 Å². The number of hydrogen-bond donors (Lipinski definition) is 0. The van der Waals surface area contributed by atoms with E-state index in [1.54, 1.807) is 19.3 Å². The zero-order valence-electron chi connectivity index (χ0n) is 7.45. The summed E-state index contributed by atoms with van der Waals surface area (Å²) in [4.78, 5) is 0. The van der Waals surface area contributed by atoms with Crippen molar-refractivity contribution in [3.8, 4) is 0 Å². The lowest BCUT2D eigenvalue weighted by molar-refractivity contribution is 0.150. The maximum Gasteiger partial charge on any atom is -0.0194 e. The van der Waals surface area contributed by atoms with E-state index in [1.807, 2.05) is 0 Å². The molecule has 0 aliphatic heterocycles. The second kappa shape index (κ2) is 1.81. The summed E-state index contributed by atoms with van der Waals surface area (Å²) in [5.41, 5.74) is 0. The highest BCUT2D eigenvalue weighted by atomic mass is 14.6. The van der Waals surface area contributed by atoms with Crippen LogP contribution >= 0.6 is 0 Å². The molecule has 0 spiro atoms. The highest BCUT2D eigenvalue weighted by Gasteiger charge is 2.57. The number of allylic oxidation sites excluding steroid dienone is 2. The Morgan fingerprint density at radius 2 is 1.75 bits per heavy atom. The predicted molar refractivity (Wildman–Crippen MR) is 48.5 cm³/mol. The molecule has 0 heterocycles. The van der Waals surface area contributed by atoms with Gasteiger partial charge in [0.1, 0.15) is 0 Å². The monoisotopic (exact) mass is 160 g/mol. The van der Waals surface area contributed by atoms with Crippen LogP contribution in [-0.2, 0) is 0 Å². The van der Waals surface area contributed by atoms with E-state index in [1.165, 1.54) is 18.3 Å². The number of fused-ring (bicyclic) bond motifs is 7. The van der Waals surface area contributed by atoms with Gasteiger partial charge in [0, 0.05) is 0 Å². The fourth-order valence-corrected chi connectivity index (χ4v) is 4.67. The molecular formula is C12H16. The highest BCUT2D eigenvalue weighted by Crippen LogP contribution is 2.64. The topological polar surface area (TPSA) is 0 Å². The van der Waals surface area contributed by atoms with Gasteiger partial charge in [0.05, 0.1) is 0 Å². The van der Waals surface area contributed by atoms with Gasteiger partial charge in [-0.05, 0) is 61.2 Å². The third-order valence-electron chi connectivity index (χ3n) is 5.23. The van der Waals surface area contributed by atoms with Crippen LogP contribution in [0, 0.1) is 35.5 Å². The van der Waals surface area contributed by atoms with Crippen LogP contribution in [-0.4, -0.2) is 0 Å². The Morgan fingerprint density at radius 1 is 0.833 bits per heavy atom. The summed E-state index contributed by atoms with van der Waals surface area (Å²) >= 11 is 0. The fraction of sp³-hybridized carbons (Fsp3) is 0.833. The minimum absolute atomic E-state index is 1.02. The zero-order chi connectivity index (χ0) is 7.71. The second-order valence-corrected chi connectivity index (χ2v) is 5.43. The fourth-order valence-electron chi connectivity index (χ4n) is 4.67. The van der Waals surface area contributed by atoms with Crippen molar-refractivity contribution < 1.29 is 0 Å². The molecule has 4 aliphatic rings. The molecule has 0 aromatic rings. The molecule has 6 unspecified atom stereocenters. The zero-order valence-corrected chi connectivity index (χ0v) is 7.45. The summed E-state index contributed by atoms with van der Waals surface area (Å²) in [5.74, 6) is 6.68. The highest BCUT2D eigenvalue weighted by molar-refractivity contribution is 5.18. The summed E-state index contributed by atoms with van der Waals surface area (Å²) in [7, 11) is 0. The summed E-state index contributed by atoms with van der Waals surface area (Å²) in [6.07, 6.45) is 11.3. The van der Waals surface area contributed by atoms with Gasteiger partial charge >= 0.3 is 0 Å². The first-order valence-electron chi connectivity index (χ1n) is 5.62. The first kappa shape index (κ1) is 6.23. The van der Waals surface area contributed by atoms with Gasteiger partial charge < -0.3 is 0 Å². The second-order valence-electron chi connectivity index (χ2n) is 5.43. The van der Waals surface area contributed by atoms with Crippen LogP contribution in [0.3, 0.4) is 0 Å². The van der Waals surface area contributed by atoms with Gasteiger partial charge in [-0.2, -0.15) is 0 Å². The predicted octanol–water partition coefficient (Wildman–Crippen LogP) is 2.85. The van der Waals surface area contributed by atoms with Crippen LogP contribution in [0.15, 0.2) is 12.2 Å². The SMILES string of the molecule is C1=CC2CC1C1CC3CCC3C21. The molecule has 0 heteroatoms. The minimum Gasteiger partial charge on any atom is -0.0848 e. The lowest BCUT2D eigenvalue weighted by atomic mass is 9.69. The van der Waals surface area contributed by atoms with Crippen LogP contribution in [0.25, 0.3) is 0 Å². The summed E-state index contributed by atoms with van der Waals surface area (Å²) in [6, 6.07) is 0. The van der Waals surface area contributed by atoms with Crippen molar-refractivity contribution in [3.63, 3.8) is 0 Å². The summed E-state index contributed by atoms with van der Waals surface area (Å²) in [5, 5.41) is 0. The Morgan fingerprint density at radius 3 is 2.58 bits per heavy atom. The third-order valence-corrected chi connectivity index (χ3v) is 5.23. The molecule has 64 valence electrons. The van der Waals surface area contributed by atoms with E-state index in [9.17, 15) is 0 Å². The van der Waals surface area contributed by atoms with Gasteiger partial charge in [-0.3, -0.25) is 0 Å². The molecule has 6 atom stereocenters. The molecule has 0 aromatic carbocycles. The molecule has 0 N–H and O–H groups in total. The molecule has 0 radical (unpaired) electrons. The Hall–Kier alpha value is -0.260. The number of hydrogen-bond acceptors (Lipinski definition) is 0. The van der Waals surface area contributed by atoms with E-state index in [0.29, 0.717) is 0 Å². The van der Waals surface area contributed by atoms with Crippen LogP contribution in [0.2, 0.25) is 0 Å². The first-order chi connectivity index (χ1) is 5.93. The van der Waals surface area contributed by atoms with E-state index in [0.717, 1.165) is 23.7 Å². The van der Waals surface area contributed by atoms with Gasteiger partial charge in [-0.25, -0.2) is 0 Å². The Bertz CT molecular complexity index is 253. The van der Waals surface area contributed by atoms with Gasteiger partial charge in [-0.15, -0.1) is 0 Å². The normalized spacial score (nSPS) is 64.7. The average molecular weight is 160 g/mol. The lowest BCUT2D eigenvalue weighted by Gasteiger charge is -2.35. The smallest absolute Gasteiger partial charge is 0.0194 e. The molecule has 0 aromatic heterocycles. The lowest BCUT2D eigenvalue weighted by Crippen LogP contribution is -2.28. The van der Waals surface area contributed by atoms with E-state index < -0.39 is 0 Å². The number of rotatable bonds is 0. The van der Waals surface area contributed by atoms with E-state index in [4.69, 9.17) is 0 Å². The van der Waals surface area contributed by atoms with Crippen molar-refractivity contribution in [2.45, 2.75) is 25.7 Å². The molecule has 3 saturated carbocycles. The van der Waals surface area contributed by atoms with Gasteiger partial charge in [0.25, 0.3) is 0 Å².